The lowest BCUT2D eigenvalue weighted by molar-refractivity contribution is 0.0966. The van der Waals surface area contributed by atoms with Gasteiger partial charge in [-0.2, -0.15) is 0 Å². The van der Waals surface area contributed by atoms with Gasteiger partial charge in [-0.05, 0) is 77.8 Å². The van der Waals surface area contributed by atoms with Crippen LogP contribution in [0.2, 0.25) is 0 Å². The summed E-state index contributed by atoms with van der Waals surface area (Å²) in [5.74, 6) is 0.0381. The summed E-state index contributed by atoms with van der Waals surface area (Å²) in [6, 6.07) is 16.8. The number of rotatable bonds is 2. The Balaban J connectivity index is 2.12. The molecule has 0 aromatic heterocycles. The Hall–Kier alpha value is -2.87. The van der Waals surface area contributed by atoms with Gasteiger partial charge in [-0.25, -0.2) is 0 Å². The third-order valence-electron chi connectivity index (χ3n) is 5.65. The fraction of sp³-hybridized carbons (Fsp3) is 0.208. The topological polar surface area (TPSA) is 29.1 Å². The van der Waals surface area contributed by atoms with Gasteiger partial charge in [-0.15, -0.1) is 0 Å². The second-order valence-corrected chi connectivity index (χ2v) is 7.17. The first-order valence-corrected chi connectivity index (χ1v) is 9.07. The maximum Gasteiger partial charge on any atom is 0.252 e. The molecule has 0 saturated heterocycles. The second kappa shape index (κ2) is 6.14. The van der Waals surface area contributed by atoms with Crippen molar-refractivity contribution >= 4 is 5.91 Å². The van der Waals surface area contributed by atoms with Crippen molar-refractivity contribution in [2.75, 3.05) is 0 Å². The van der Waals surface area contributed by atoms with E-state index in [-0.39, 0.29) is 5.91 Å². The maximum atomic E-state index is 12.8. The molecule has 1 N–H and O–H groups in total. The fourth-order valence-corrected chi connectivity index (χ4v) is 4.16. The van der Waals surface area contributed by atoms with Gasteiger partial charge in [0.2, 0.25) is 0 Å². The monoisotopic (exact) mass is 341 g/mol. The standard InChI is InChI=1S/C24H23NO/c1-14-9-5-7-11-18(14)21-16(3)17(4)22(19-12-8-6-10-15(19)2)23-20(21)13-25-24(23)26/h5-12H,13H2,1-4H3,(H,25,26). The highest BCUT2D eigenvalue weighted by Gasteiger charge is 2.30. The van der Waals surface area contributed by atoms with E-state index in [1.807, 2.05) is 12.1 Å². The van der Waals surface area contributed by atoms with E-state index >= 15 is 0 Å². The van der Waals surface area contributed by atoms with Crippen molar-refractivity contribution in [3.63, 3.8) is 0 Å². The van der Waals surface area contributed by atoms with Gasteiger partial charge in [0.1, 0.15) is 0 Å². The second-order valence-electron chi connectivity index (χ2n) is 7.17. The number of carbonyl (C=O) groups excluding carboxylic acids is 1. The number of hydrogen-bond donors (Lipinski definition) is 1. The molecule has 130 valence electrons. The van der Waals surface area contributed by atoms with E-state index in [9.17, 15) is 4.79 Å². The molecule has 2 heteroatoms. The summed E-state index contributed by atoms with van der Waals surface area (Å²) in [5.41, 5.74) is 11.5. The first kappa shape index (κ1) is 16.6. The molecule has 1 aliphatic heterocycles. The number of fused-ring (bicyclic) bond motifs is 1. The van der Waals surface area contributed by atoms with Gasteiger partial charge in [0.25, 0.3) is 5.91 Å². The molecular formula is C24H23NO. The third-order valence-corrected chi connectivity index (χ3v) is 5.65. The summed E-state index contributed by atoms with van der Waals surface area (Å²) in [5, 5.41) is 3.06. The van der Waals surface area contributed by atoms with Gasteiger partial charge < -0.3 is 5.32 Å². The van der Waals surface area contributed by atoms with Crippen molar-refractivity contribution in [2.45, 2.75) is 34.2 Å². The molecule has 1 aliphatic rings. The van der Waals surface area contributed by atoms with Crippen LogP contribution in [0.1, 0.15) is 38.2 Å². The van der Waals surface area contributed by atoms with Crippen molar-refractivity contribution < 1.29 is 4.79 Å². The smallest absolute Gasteiger partial charge is 0.252 e. The molecule has 4 rings (SSSR count). The zero-order valence-electron chi connectivity index (χ0n) is 15.7. The molecule has 1 amide bonds. The van der Waals surface area contributed by atoms with Crippen LogP contribution in [0.3, 0.4) is 0 Å². The lowest BCUT2D eigenvalue weighted by Gasteiger charge is -2.21. The highest BCUT2D eigenvalue weighted by atomic mass is 16.1. The Morgan fingerprint density at radius 2 is 1.19 bits per heavy atom. The minimum Gasteiger partial charge on any atom is -0.348 e. The van der Waals surface area contributed by atoms with E-state index in [0.29, 0.717) is 6.54 Å². The maximum absolute atomic E-state index is 12.8. The van der Waals surface area contributed by atoms with Crippen LogP contribution in [0.25, 0.3) is 22.3 Å². The SMILES string of the molecule is Cc1ccccc1-c1c(C)c(C)c(-c2ccccc2C)c2c1CNC2=O. The molecule has 0 fully saturated rings. The Labute approximate surface area is 154 Å². The molecule has 3 aromatic carbocycles. The van der Waals surface area contributed by atoms with Crippen molar-refractivity contribution in [3.8, 4) is 22.3 Å². The number of hydrogen-bond acceptors (Lipinski definition) is 1. The third kappa shape index (κ3) is 2.37. The van der Waals surface area contributed by atoms with Crippen LogP contribution >= 0.6 is 0 Å². The van der Waals surface area contributed by atoms with Crippen LogP contribution in [0.15, 0.2) is 48.5 Å². The van der Waals surface area contributed by atoms with Gasteiger partial charge in [0.15, 0.2) is 0 Å². The predicted molar refractivity (Wildman–Crippen MR) is 107 cm³/mol. The Bertz CT molecular complexity index is 1050. The Morgan fingerprint density at radius 1 is 0.692 bits per heavy atom. The average Bonchev–Trinajstić information content (AvgIpc) is 3.00. The van der Waals surface area contributed by atoms with Crippen LogP contribution in [0.4, 0.5) is 0 Å². The zero-order valence-corrected chi connectivity index (χ0v) is 15.7. The number of benzene rings is 3. The quantitative estimate of drug-likeness (QED) is 0.655. The molecule has 26 heavy (non-hydrogen) atoms. The van der Waals surface area contributed by atoms with E-state index in [1.165, 1.54) is 33.4 Å². The average molecular weight is 341 g/mol. The molecular weight excluding hydrogens is 318 g/mol. The zero-order chi connectivity index (χ0) is 18.4. The predicted octanol–water partition coefficient (Wildman–Crippen LogP) is 5.50. The summed E-state index contributed by atoms with van der Waals surface area (Å²) < 4.78 is 0. The highest BCUT2D eigenvalue weighted by Crippen LogP contribution is 2.43. The molecule has 2 nitrogen and oxygen atoms in total. The van der Waals surface area contributed by atoms with Gasteiger partial charge >= 0.3 is 0 Å². The fourth-order valence-electron chi connectivity index (χ4n) is 4.16. The van der Waals surface area contributed by atoms with E-state index in [4.69, 9.17) is 0 Å². The van der Waals surface area contributed by atoms with Crippen molar-refractivity contribution in [3.05, 3.63) is 81.9 Å². The summed E-state index contributed by atoms with van der Waals surface area (Å²) in [6.45, 7) is 9.17. The van der Waals surface area contributed by atoms with Crippen LogP contribution < -0.4 is 5.32 Å². The molecule has 0 spiro atoms. The Kier molecular flexibility index (Phi) is 3.91. The number of carbonyl (C=O) groups is 1. The highest BCUT2D eigenvalue weighted by molar-refractivity contribution is 6.08. The molecule has 0 radical (unpaired) electrons. The van der Waals surface area contributed by atoms with Gasteiger partial charge in [-0.3, -0.25) is 4.79 Å². The summed E-state index contributed by atoms with van der Waals surface area (Å²) in [4.78, 5) is 12.8. The summed E-state index contributed by atoms with van der Waals surface area (Å²) >= 11 is 0. The largest absolute Gasteiger partial charge is 0.348 e. The molecule has 1 heterocycles. The lowest BCUT2D eigenvalue weighted by Crippen LogP contribution is -2.13. The van der Waals surface area contributed by atoms with Crippen LogP contribution in [0.5, 0.6) is 0 Å². The first-order valence-electron chi connectivity index (χ1n) is 9.07. The normalized spacial score (nSPS) is 12.8. The van der Waals surface area contributed by atoms with E-state index in [1.54, 1.807) is 0 Å². The van der Waals surface area contributed by atoms with E-state index < -0.39 is 0 Å². The van der Waals surface area contributed by atoms with Crippen molar-refractivity contribution in [1.29, 1.82) is 0 Å². The lowest BCUT2D eigenvalue weighted by atomic mass is 9.81. The van der Waals surface area contributed by atoms with E-state index in [0.717, 1.165) is 22.3 Å². The number of amides is 1. The Morgan fingerprint density at radius 3 is 1.77 bits per heavy atom. The molecule has 3 aromatic rings. The number of nitrogens with one attached hydrogen (secondary N) is 1. The minimum absolute atomic E-state index is 0.0381. The first-order chi connectivity index (χ1) is 12.5. The number of aryl methyl sites for hydroxylation is 2. The van der Waals surface area contributed by atoms with Gasteiger partial charge in [-0.1, -0.05) is 48.5 Å². The molecule has 0 saturated carbocycles. The molecule has 0 bridgehead atoms. The van der Waals surface area contributed by atoms with Crippen molar-refractivity contribution in [2.24, 2.45) is 0 Å². The van der Waals surface area contributed by atoms with Crippen LogP contribution in [-0.2, 0) is 6.54 Å². The van der Waals surface area contributed by atoms with Crippen molar-refractivity contribution in [1.82, 2.24) is 5.32 Å². The molecule has 0 aliphatic carbocycles. The van der Waals surface area contributed by atoms with Gasteiger partial charge in [0.05, 0.1) is 5.56 Å². The summed E-state index contributed by atoms with van der Waals surface area (Å²) in [7, 11) is 0. The summed E-state index contributed by atoms with van der Waals surface area (Å²) in [6.07, 6.45) is 0. The van der Waals surface area contributed by atoms with Gasteiger partial charge in [0, 0.05) is 6.54 Å². The minimum atomic E-state index is 0.0381. The molecule has 0 unspecified atom stereocenters. The van der Waals surface area contributed by atoms with E-state index in [2.05, 4.69) is 69.4 Å². The van der Waals surface area contributed by atoms with Crippen LogP contribution in [0, 0.1) is 27.7 Å². The molecule has 0 atom stereocenters. The van der Waals surface area contributed by atoms with Crippen LogP contribution in [-0.4, -0.2) is 5.91 Å².